The van der Waals surface area contributed by atoms with Crippen LogP contribution in [0.4, 0.5) is 0 Å². The van der Waals surface area contributed by atoms with Crippen LogP contribution in [0.2, 0.25) is 0 Å². The molecule has 9 heteroatoms. The van der Waals surface area contributed by atoms with Crippen molar-refractivity contribution >= 4 is 20.9 Å². The summed E-state index contributed by atoms with van der Waals surface area (Å²) >= 11 is 0. The van der Waals surface area contributed by atoms with Crippen LogP contribution in [0.1, 0.15) is 5.56 Å². The topological polar surface area (TPSA) is 116 Å². The van der Waals surface area contributed by atoms with Gasteiger partial charge in [-0.05, 0) is 29.8 Å². The number of nitrogens with zero attached hydrogens (tertiary/aromatic N) is 3. The first kappa shape index (κ1) is 20.9. The van der Waals surface area contributed by atoms with Crippen LogP contribution in [0.5, 0.6) is 5.75 Å². The molecule has 0 fully saturated rings. The van der Waals surface area contributed by atoms with Gasteiger partial charge in [0.25, 0.3) is 0 Å². The van der Waals surface area contributed by atoms with Gasteiger partial charge in [0.1, 0.15) is 18.1 Å². The number of aromatic nitrogens is 4. The zero-order valence-electron chi connectivity index (χ0n) is 17.8. The SMILES string of the molecule is Cn1cc(-c2cc3[nH]nc(-c4cccc(S(N)(=O)=O)c4)c3cc2OCc2ccccc2)cn1. The highest BCUT2D eigenvalue weighted by molar-refractivity contribution is 7.89. The van der Waals surface area contributed by atoms with E-state index in [0.717, 1.165) is 27.6 Å². The number of aryl methyl sites for hydroxylation is 1. The van der Waals surface area contributed by atoms with E-state index in [1.807, 2.05) is 55.7 Å². The fraction of sp³-hybridized carbons (Fsp3) is 0.0833. The molecule has 0 atom stereocenters. The Labute approximate surface area is 190 Å². The molecule has 0 amide bonds. The molecule has 2 aromatic heterocycles. The molecule has 33 heavy (non-hydrogen) atoms. The molecule has 0 aliphatic rings. The van der Waals surface area contributed by atoms with Gasteiger partial charge in [0.05, 0.1) is 16.6 Å². The monoisotopic (exact) mass is 459 g/mol. The van der Waals surface area contributed by atoms with Crippen molar-refractivity contribution in [2.45, 2.75) is 11.5 Å². The molecule has 3 aromatic carbocycles. The zero-order chi connectivity index (χ0) is 23.0. The standard InChI is InChI=1S/C24H21N5O3S/c1-29-14-18(13-26-29)20-11-22-21(12-23(20)32-15-16-6-3-2-4-7-16)24(28-27-22)17-8-5-9-19(10-17)33(25,30)31/h2-14H,15H2,1H3,(H,27,28)(H2,25,30,31). The van der Waals surface area contributed by atoms with Crippen molar-refractivity contribution in [3.63, 3.8) is 0 Å². The summed E-state index contributed by atoms with van der Waals surface area (Å²) in [5, 5.41) is 17.9. The van der Waals surface area contributed by atoms with Crippen molar-refractivity contribution in [1.82, 2.24) is 20.0 Å². The van der Waals surface area contributed by atoms with Gasteiger partial charge < -0.3 is 4.74 Å². The molecule has 2 heterocycles. The van der Waals surface area contributed by atoms with Crippen LogP contribution in [0.25, 0.3) is 33.3 Å². The molecule has 8 nitrogen and oxygen atoms in total. The van der Waals surface area contributed by atoms with Gasteiger partial charge in [-0.1, -0.05) is 42.5 Å². The van der Waals surface area contributed by atoms with E-state index in [1.165, 1.54) is 12.1 Å². The van der Waals surface area contributed by atoms with Crippen molar-refractivity contribution in [2.24, 2.45) is 12.2 Å². The Morgan fingerprint density at radius 2 is 1.85 bits per heavy atom. The highest BCUT2D eigenvalue weighted by Gasteiger charge is 2.17. The molecule has 0 unspecified atom stereocenters. The fourth-order valence-corrected chi connectivity index (χ4v) is 4.29. The van der Waals surface area contributed by atoms with Crippen LogP contribution in [0.3, 0.4) is 0 Å². The number of nitrogens with two attached hydrogens (primary N) is 1. The molecule has 5 rings (SSSR count). The summed E-state index contributed by atoms with van der Waals surface area (Å²) in [6, 6.07) is 20.2. The lowest BCUT2D eigenvalue weighted by Crippen LogP contribution is -2.11. The maximum absolute atomic E-state index is 11.8. The Balaban J connectivity index is 1.63. The second kappa shape index (κ2) is 8.19. The smallest absolute Gasteiger partial charge is 0.238 e. The summed E-state index contributed by atoms with van der Waals surface area (Å²) in [6.07, 6.45) is 3.70. The molecular weight excluding hydrogens is 438 g/mol. The summed E-state index contributed by atoms with van der Waals surface area (Å²) in [5.74, 6) is 0.671. The number of fused-ring (bicyclic) bond motifs is 1. The van der Waals surface area contributed by atoms with E-state index in [1.54, 1.807) is 23.0 Å². The number of aromatic amines is 1. The Kier molecular flexibility index (Phi) is 5.20. The third kappa shape index (κ3) is 4.23. The van der Waals surface area contributed by atoms with E-state index in [9.17, 15) is 8.42 Å². The Morgan fingerprint density at radius 1 is 1.03 bits per heavy atom. The van der Waals surface area contributed by atoms with Crippen molar-refractivity contribution in [3.8, 4) is 28.1 Å². The van der Waals surface area contributed by atoms with Crippen molar-refractivity contribution in [2.75, 3.05) is 0 Å². The van der Waals surface area contributed by atoms with E-state index >= 15 is 0 Å². The van der Waals surface area contributed by atoms with E-state index in [2.05, 4.69) is 15.3 Å². The minimum Gasteiger partial charge on any atom is -0.488 e. The highest BCUT2D eigenvalue weighted by Crippen LogP contribution is 2.37. The number of rotatable bonds is 6. The first-order chi connectivity index (χ1) is 15.9. The number of H-pyrrole nitrogens is 1. The summed E-state index contributed by atoms with van der Waals surface area (Å²) in [4.78, 5) is 0.0312. The van der Waals surface area contributed by atoms with Gasteiger partial charge in [-0.25, -0.2) is 13.6 Å². The fourth-order valence-electron chi connectivity index (χ4n) is 3.73. The highest BCUT2D eigenvalue weighted by atomic mass is 32.2. The predicted octanol–water partition coefficient (Wildman–Crippen LogP) is 3.86. The molecule has 0 radical (unpaired) electrons. The molecule has 0 saturated heterocycles. The van der Waals surface area contributed by atoms with E-state index < -0.39 is 10.0 Å². The van der Waals surface area contributed by atoms with Crippen LogP contribution in [0, 0.1) is 0 Å². The molecule has 0 saturated carbocycles. The van der Waals surface area contributed by atoms with Gasteiger partial charge in [0.15, 0.2) is 0 Å². The summed E-state index contributed by atoms with van der Waals surface area (Å²) in [6.45, 7) is 0.397. The largest absolute Gasteiger partial charge is 0.488 e. The summed E-state index contributed by atoms with van der Waals surface area (Å²) in [5.41, 5.74) is 4.86. The number of hydrogen-bond donors (Lipinski definition) is 2. The quantitative estimate of drug-likeness (QED) is 0.400. The van der Waals surface area contributed by atoms with Crippen molar-refractivity contribution in [1.29, 1.82) is 0 Å². The molecule has 0 bridgehead atoms. The number of primary sulfonamides is 1. The average Bonchev–Trinajstić information content (AvgIpc) is 3.43. The molecule has 0 aliphatic heterocycles. The van der Waals surface area contributed by atoms with Gasteiger partial charge in [0.2, 0.25) is 10.0 Å². The molecule has 3 N–H and O–H groups in total. The van der Waals surface area contributed by atoms with Crippen molar-refractivity contribution in [3.05, 3.63) is 84.7 Å². The lowest BCUT2D eigenvalue weighted by atomic mass is 10.0. The lowest BCUT2D eigenvalue weighted by Gasteiger charge is -2.12. The maximum atomic E-state index is 11.8. The Hall–Kier alpha value is -3.95. The third-order valence-electron chi connectivity index (χ3n) is 5.35. The van der Waals surface area contributed by atoms with E-state index in [4.69, 9.17) is 9.88 Å². The first-order valence-corrected chi connectivity index (χ1v) is 11.7. The Morgan fingerprint density at radius 3 is 2.58 bits per heavy atom. The summed E-state index contributed by atoms with van der Waals surface area (Å²) < 4.78 is 31.6. The number of benzene rings is 3. The molecular formula is C24H21N5O3S. The van der Waals surface area contributed by atoms with Gasteiger partial charge in [-0.15, -0.1) is 0 Å². The Bertz CT molecular complexity index is 1560. The van der Waals surface area contributed by atoms with Gasteiger partial charge in [0, 0.05) is 35.3 Å². The van der Waals surface area contributed by atoms with Gasteiger partial charge in [-0.2, -0.15) is 10.2 Å². The zero-order valence-corrected chi connectivity index (χ0v) is 18.6. The first-order valence-electron chi connectivity index (χ1n) is 10.2. The van der Waals surface area contributed by atoms with Crippen LogP contribution in [-0.4, -0.2) is 28.4 Å². The molecule has 0 spiro atoms. The second-order valence-corrected chi connectivity index (χ2v) is 9.28. The van der Waals surface area contributed by atoms with Crippen LogP contribution in [0.15, 0.2) is 84.0 Å². The van der Waals surface area contributed by atoms with Gasteiger partial charge in [-0.3, -0.25) is 9.78 Å². The normalized spacial score (nSPS) is 11.7. The van der Waals surface area contributed by atoms with Crippen LogP contribution >= 0.6 is 0 Å². The minimum absolute atomic E-state index is 0.0312. The minimum atomic E-state index is -3.83. The molecule has 0 aliphatic carbocycles. The van der Waals surface area contributed by atoms with Crippen LogP contribution < -0.4 is 9.88 Å². The number of nitrogens with one attached hydrogen (secondary N) is 1. The number of ether oxygens (including phenoxy) is 1. The number of hydrogen-bond acceptors (Lipinski definition) is 5. The maximum Gasteiger partial charge on any atom is 0.238 e. The lowest BCUT2D eigenvalue weighted by molar-refractivity contribution is 0.308. The summed E-state index contributed by atoms with van der Waals surface area (Å²) in [7, 11) is -1.97. The molecule has 5 aromatic rings. The van der Waals surface area contributed by atoms with Gasteiger partial charge >= 0.3 is 0 Å². The average molecular weight is 460 g/mol. The second-order valence-electron chi connectivity index (χ2n) is 7.72. The predicted molar refractivity (Wildman–Crippen MR) is 126 cm³/mol. The molecule has 166 valence electrons. The van der Waals surface area contributed by atoms with E-state index in [0.29, 0.717) is 23.6 Å². The number of sulfonamides is 1. The van der Waals surface area contributed by atoms with E-state index in [-0.39, 0.29) is 4.90 Å². The van der Waals surface area contributed by atoms with Crippen LogP contribution in [-0.2, 0) is 23.7 Å². The third-order valence-corrected chi connectivity index (χ3v) is 6.26. The van der Waals surface area contributed by atoms with Crippen molar-refractivity contribution < 1.29 is 13.2 Å².